The standard InChI is InChI=1S/C23H27N7O2/c1-23(2,25)21(31)30-9-7-29(8-10-30)15-12-18-17(26-13-15)5-4-16(27-18)14-3-6-20-19(11-14)28-22(24)32-20/h3-6,11-13,21,31H,7-10,25H2,1-2H3,(H2,24,28). The minimum atomic E-state index is -0.666. The van der Waals surface area contributed by atoms with Crippen LogP contribution in [0.3, 0.4) is 0 Å². The number of hydrogen-bond donors (Lipinski definition) is 3. The molecule has 5 rings (SSSR count). The number of nitrogens with two attached hydrogens (primary N) is 2. The van der Waals surface area contributed by atoms with E-state index < -0.39 is 11.8 Å². The van der Waals surface area contributed by atoms with Crippen LogP contribution in [0.5, 0.6) is 0 Å². The molecule has 3 aromatic heterocycles. The lowest BCUT2D eigenvalue weighted by molar-refractivity contribution is -0.0442. The van der Waals surface area contributed by atoms with Crippen LogP contribution >= 0.6 is 0 Å². The van der Waals surface area contributed by atoms with Gasteiger partial charge in [-0.15, -0.1) is 0 Å². The highest BCUT2D eigenvalue weighted by Gasteiger charge is 2.31. The van der Waals surface area contributed by atoms with E-state index >= 15 is 0 Å². The lowest BCUT2D eigenvalue weighted by atomic mass is 10.0. The van der Waals surface area contributed by atoms with Gasteiger partial charge in [0.25, 0.3) is 6.01 Å². The Morgan fingerprint density at radius 1 is 1.00 bits per heavy atom. The van der Waals surface area contributed by atoms with Crippen LogP contribution in [0.1, 0.15) is 13.8 Å². The molecule has 5 N–H and O–H groups in total. The molecule has 166 valence electrons. The molecule has 1 saturated heterocycles. The first kappa shape index (κ1) is 20.6. The summed E-state index contributed by atoms with van der Waals surface area (Å²) in [5.74, 6) is 0. The number of pyridine rings is 2. The number of nitrogens with zero attached hydrogens (tertiary/aromatic N) is 5. The Labute approximate surface area is 185 Å². The van der Waals surface area contributed by atoms with Gasteiger partial charge in [-0.1, -0.05) is 0 Å². The van der Waals surface area contributed by atoms with Gasteiger partial charge in [-0.25, -0.2) is 4.98 Å². The molecule has 0 radical (unpaired) electrons. The van der Waals surface area contributed by atoms with Crippen molar-refractivity contribution in [1.82, 2.24) is 19.9 Å². The maximum atomic E-state index is 10.5. The van der Waals surface area contributed by atoms with Crippen LogP contribution in [0.4, 0.5) is 11.7 Å². The maximum Gasteiger partial charge on any atom is 0.292 e. The second-order valence-corrected chi connectivity index (χ2v) is 8.88. The number of fused-ring (bicyclic) bond motifs is 2. The number of hydrogen-bond acceptors (Lipinski definition) is 9. The smallest absolute Gasteiger partial charge is 0.292 e. The van der Waals surface area contributed by atoms with Gasteiger partial charge in [0.1, 0.15) is 11.7 Å². The van der Waals surface area contributed by atoms with Crippen LogP contribution in [0, 0.1) is 0 Å². The Balaban J connectivity index is 1.39. The molecule has 0 saturated carbocycles. The van der Waals surface area contributed by atoms with E-state index in [4.69, 9.17) is 20.9 Å². The molecule has 1 aliphatic heterocycles. The summed E-state index contributed by atoms with van der Waals surface area (Å²) in [7, 11) is 0. The number of aliphatic hydroxyl groups excluding tert-OH is 1. The first-order valence-corrected chi connectivity index (χ1v) is 10.7. The van der Waals surface area contributed by atoms with Gasteiger partial charge < -0.3 is 25.9 Å². The predicted molar refractivity (Wildman–Crippen MR) is 125 cm³/mol. The van der Waals surface area contributed by atoms with E-state index in [-0.39, 0.29) is 6.01 Å². The number of benzene rings is 1. The summed E-state index contributed by atoms with van der Waals surface area (Å²) in [6.07, 6.45) is 1.22. The Morgan fingerprint density at radius 2 is 1.78 bits per heavy atom. The number of piperazine rings is 1. The molecule has 0 aliphatic carbocycles. The molecule has 1 aromatic carbocycles. The van der Waals surface area contributed by atoms with Gasteiger partial charge in [0, 0.05) is 37.3 Å². The number of anilines is 2. The Bertz CT molecular complexity index is 1270. The van der Waals surface area contributed by atoms with E-state index in [0.717, 1.165) is 54.2 Å². The summed E-state index contributed by atoms with van der Waals surface area (Å²) in [4.78, 5) is 17.9. The maximum absolute atomic E-state index is 10.5. The average molecular weight is 434 g/mol. The van der Waals surface area contributed by atoms with Gasteiger partial charge in [0.2, 0.25) is 0 Å². The molecule has 9 nitrogen and oxygen atoms in total. The number of oxazole rings is 1. The third-order valence-corrected chi connectivity index (χ3v) is 5.91. The van der Waals surface area contributed by atoms with Gasteiger partial charge in [-0.05, 0) is 50.2 Å². The minimum absolute atomic E-state index is 0.153. The predicted octanol–water partition coefficient (Wildman–Crippen LogP) is 2.20. The van der Waals surface area contributed by atoms with Crippen molar-refractivity contribution in [2.45, 2.75) is 25.6 Å². The van der Waals surface area contributed by atoms with Crippen molar-refractivity contribution in [3.63, 3.8) is 0 Å². The van der Waals surface area contributed by atoms with Crippen molar-refractivity contribution >= 4 is 33.8 Å². The van der Waals surface area contributed by atoms with Gasteiger partial charge >= 0.3 is 0 Å². The monoisotopic (exact) mass is 433 g/mol. The zero-order valence-corrected chi connectivity index (χ0v) is 18.2. The van der Waals surface area contributed by atoms with Crippen LogP contribution in [0.15, 0.2) is 47.0 Å². The Kier molecular flexibility index (Phi) is 4.96. The number of aliphatic hydroxyl groups is 1. The molecule has 1 aliphatic rings. The fourth-order valence-corrected chi connectivity index (χ4v) is 4.13. The van der Waals surface area contributed by atoms with Crippen LogP contribution in [-0.2, 0) is 0 Å². The summed E-state index contributed by atoms with van der Waals surface area (Å²) in [6, 6.07) is 11.9. The quantitative estimate of drug-likeness (QED) is 0.443. The zero-order chi connectivity index (χ0) is 22.5. The van der Waals surface area contributed by atoms with Gasteiger partial charge in [-0.3, -0.25) is 9.88 Å². The number of aromatic nitrogens is 3. The number of nitrogen functional groups attached to an aromatic ring is 1. The number of rotatable bonds is 4. The molecule has 1 unspecified atom stereocenters. The van der Waals surface area contributed by atoms with E-state index in [1.54, 1.807) is 0 Å². The highest BCUT2D eigenvalue weighted by Crippen LogP contribution is 2.27. The molecular weight excluding hydrogens is 406 g/mol. The molecule has 4 heterocycles. The second kappa shape index (κ2) is 7.70. The third kappa shape index (κ3) is 3.86. The highest BCUT2D eigenvalue weighted by atomic mass is 16.4. The van der Waals surface area contributed by atoms with Crippen LogP contribution in [0.2, 0.25) is 0 Å². The summed E-state index contributed by atoms with van der Waals surface area (Å²) < 4.78 is 5.36. The Morgan fingerprint density at radius 3 is 2.53 bits per heavy atom. The lowest BCUT2D eigenvalue weighted by Gasteiger charge is -2.42. The van der Waals surface area contributed by atoms with Crippen LogP contribution in [0.25, 0.3) is 33.4 Å². The normalized spacial score (nSPS) is 16.7. The Hall–Kier alpha value is -3.27. The van der Waals surface area contributed by atoms with Crippen molar-refractivity contribution < 1.29 is 9.52 Å². The molecule has 9 heteroatoms. The minimum Gasteiger partial charge on any atom is -0.424 e. The summed E-state index contributed by atoms with van der Waals surface area (Å²) in [5.41, 5.74) is 16.9. The van der Waals surface area contributed by atoms with Crippen LogP contribution in [-0.4, -0.2) is 62.9 Å². The first-order valence-electron chi connectivity index (χ1n) is 10.7. The topological polar surface area (TPSA) is 131 Å². The largest absolute Gasteiger partial charge is 0.424 e. The van der Waals surface area contributed by atoms with E-state index in [1.165, 1.54) is 0 Å². The van der Waals surface area contributed by atoms with Gasteiger partial charge in [-0.2, -0.15) is 4.98 Å². The zero-order valence-electron chi connectivity index (χ0n) is 18.2. The van der Waals surface area contributed by atoms with Gasteiger partial charge in [0.15, 0.2) is 5.58 Å². The summed E-state index contributed by atoms with van der Waals surface area (Å²) in [5, 5.41) is 10.5. The van der Waals surface area contributed by atoms with Crippen molar-refractivity contribution in [3.05, 3.63) is 42.6 Å². The molecular formula is C23H27N7O2. The average Bonchev–Trinajstić information content (AvgIpc) is 3.16. The van der Waals surface area contributed by atoms with E-state index in [9.17, 15) is 5.11 Å². The molecule has 32 heavy (non-hydrogen) atoms. The van der Waals surface area contributed by atoms with Crippen molar-refractivity contribution in [1.29, 1.82) is 0 Å². The second-order valence-electron chi connectivity index (χ2n) is 8.88. The van der Waals surface area contributed by atoms with Crippen molar-refractivity contribution in [3.8, 4) is 11.3 Å². The summed E-state index contributed by atoms with van der Waals surface area (Å²) in [6.45, 7) is 6.71. The van der Waals surface area contributed by atoms with Crippen molar-refractivity contribution in [2.75, 3.05) is 36.8 Å². The third-order valence-electron chi connectivity index (χ3n) is 5.91. The van der Waals surface area contributed by atoms with E-state index in [2.05, 4.69) is 20.9 Å². The molecule has 1 fully saturated rings. The van der Waals surface area contributed by atoms with E-state index in [1.807, 2.05) is 55.3 Å². The first-order chi connectivity index (χ1) is 15.3. The van der Waals surface area contributed by atoms with Gasteiger partial charge in [0.05, 0.1) is 28.6 Å². The molecule has 0 amide bonds. The lowest BCUT2D eigenvalue weighted by Crippen LogP contribution is -2.59. The highest BCUT2D eigenvalue weighted by molar-refractivity contribution is 5.84. The molecule has 0 bridgehead atoms. The summed E-state index contributed by atoms with van der Waals surface area (Å²) >= 11 is 0. The van der Waals surface area contributed by atoms with Crippen molar-refractivity contribution in [2.24, 2.45) is 5.73 Å². The molecule has 1 atom stereocenters. The fraction of sp³-hybridized carbons (Fsp3) is 0.348. The van der Waals surface area contributed by atoms with E-state index in [0.29, 0.717) is 11.1 Å². The molecule has 0 spiro atoms. The fourth-order valence-electron chi connectivity index (χ4n) is 4.13. The van der Waals surface area contributed by atoms with Crippen LogP contribution < -0.4 is 16.4 Å². The SMILES string of the molecule is CC(C)(N)C(O)N1CCN(c2cnc3ccc(-c4ccc5oc(N)nc5c4)nc3c2)CC1. The molecule has 4 aromatic rings.